The van der Waals surface area contributed by atoms with Crippen molar-refractivity contribution >= 4 is 0 Å². The summed E-state index contributed by atoms with van der Waals surface area (Å²) in [6.07, 6.45) is 0. The molecule has 0 unspecified atom stereocenters. The van der Waals surface area contributed by atoms with Gasteiger partial charge in [-0.15, -0.1) is 0 Å². The van der Waals surface area contributed by atoms with E-state index in [1.165, 1.54) is 0 Å². The number of hydrogen-bond donors (Lipinski definition) is 0. The predicted molar refractivity (Wildman–Crippen MR) is 0 cm³/mol. The van der Waals surface area contributed by atoms with Crippen molar-refractivity contribution in [2.45, 2.75) is 0 Å². The van der Waals surface area contributed by atoms with Crippen molar-refractivity contribution in [1.29, 1.82) is 0 Å². The van der Waals surface area contributed by atoms with Crippen molar-refractivity contribution in [1.82, 2.24) is 0 Å². The van der Waals surface area contributed by atoms with Crippen LogP contribution in [0.15, 0.2) is 0 Å². The van der Waals surface area contributed by atoms with Gasteiger partial charge in [0.15, 0.2) is 0 Å². The first-order valence-electron chi connectivity index (χ1n) is 0. The van der Waals surface area contributed by atoms with E-state index in [0.717, 1.165) is 0 Å². The maximum absolute atomic E-state index is 0. The molecule has 0 saturated heterocycles. The Hall–Kier alpha value is 8.43. The van der Waals surface area contributed by atoms with E-state index >= 15 is 0 Å². The Balaban J connectivity index is 0. The number of halogens is 6. The molecule has 0 aliphatic carbocycles. The molecule has 0 amide bonds. The summed E-state index contributed by atoms with van der Waals surface area (Å²) < 4.78 is 0. The SMILES string of the molecule is [Br-].[Br-].[Br-].[Br-].[Br-].[Br-].[K+].[K+].[K+].[Os]. The summed E-state index contributed by atoms with van der Waals surface area (Å²) in [5.41, 5.74) is 0. The van der Waals surface area contributed by atoms with Crippen molar-refractivity contribution < 1.29 is 276 Å². The van der Waals surface area contributed by atoms with Gasteiger partial charge in [0.2, 0.25) is 0 Å². The average molecular weight is 787 g/mol. The zero-order chi connectivity index (χ0) is 0. The van der Waals surface area contributed by atoms with Crippen LogP contribution in [-0.2, 0) is 19.8 Å². The smallest absolute Gasteiger partial charge is 1.00 e. The van der Waals surface area contributed by atoms with Gasteiger partial charge in [0.25, 0.3) is 0 Å². The van der Waals surface area contributed by atoms with Crippen molar-refractivity contribution in [2.75, 3.05) is 0 Å². The van der Waals surface area contributed by atoms with Crippen molar-refractivity contribution in [2.24, 2.45) is 0 Å². The van der Waals surface area contributed by atoms with Crippen LogP contribution in [0.5, 0.6) is 0 Å². The van der Waals surface area contributed by atoms with E-state index in [1.54, 1.807) is 0 Å². The molecule has 0 nitrogen and oxygen atoms in total. The first-order chi connectivity index (χ1) is 0. The minimum Gasteiger partial charge on any atom is -1.00 e. The average Bonchev–Trinajstić information content (AvgIpc) is 0. The summed E-state index contributed by atoms with van der Waals surface area (Å²) in [6, 6.07) is 0. The van der Waals surface area contributed by atoms with Gasteiger partial charge in [0.05, 0.1) is 0 Å². The monoisotopic (exact) mass is 782 g/mol. The summed E-state index contributed by atoms with van der Waals surface area (Å²) in [5.74, 6) is 0. The molecule has 0 aliphatic rings. The van der Waals surface area contributed by atoms with Gasteiger partial charge in [-0.3, -0.25) is 0 Å². The fraction of sp³-hybridized carbons (Fsp3) is 0. The Bertz CT molecular complexity index is 13.0. The van der Waals surface area contributed by atoms with E-state index in [4.69, 9.17) is 0 Å². The molecule has 0 atom stereocenters. The molecule has 0 aromatic rings. The standard InChI is InChI=1S/6BrH.3K.Os/h6*1H;;;;/q;;;;;;3*+1;/p-6. The first-order valence-corrected chi connectivity index (χ1v) is 0. The fourth-order valence-electron chi connectivity index (χ4n) is 0. The summed E-state index contributed by atoms with van der Waals surface area (Å²) in [4.78, 5) is 0. The van der Waals surface area contributed by atoms with Crippen LogP contribution in [0, 0.1) is 0 Å². The molecular formula is Br6K3Os-3. The minimum atomic E-state index is 0. The first kappa shape index (κ1) is 78.8. The molecule has 0 aromatic heterocycles. The van der Waals surface area contributed by atoms with Gasteiger partial charge in [0, 0.05) is 19.8 Å². The largest absolute Gasteiger partial charge is 1.00 e. The van der Waals surface area contributed by atoms with E-state index in [-0.39, 0.29) is 276 Å². The zero-order valence-electron chi connectivity index (χ0n) is 5.62. The van der Waals surface area contributed by atoms with E-state index in [0.29, 0.717) is 0 Å². The van der Waals surface area contributed by atoms with Crippen molar-refractivity contribution in [3.05, 3.63) is 0 Å². The van der Waals surface area contributed by atoms with Crippen LogP contribution in [0.25, 0.3) is 0 Å². The number of rotatable bonds is 0. The van der Waals surface area contributed by atoms with Gasteiger partial charge in [-0.2, -0.15) is 0 Å². The molecule has 0 rings (SSSR count). The normalized spacial score (nSPS) is 0. The van der Waals surface area contributed by atoms with Crippen LogP contribution >= 0.6 is 0 Å². The van der Waals surface area contributed by atoms with Crippen LogP contribution in [0.4, 0.5) is 0 Å². The minimum absolute atomic E-state index is 0. The molecule has 10 heteroatoms. The number of hydrogen-bond acceptors (Lipinski definition) is 0. The van der Waals surface area contributed by atoms with Gasteiger partial charge in [-0.1, -0.05) is 0 Å². The van der Waals surface area contributed by atoms with Crippen molar-refractivity contribution in [3.63, 3.8) is 0 Å². The van der Waals surface area contributed by atoms with Crippen molar-refractivity contribution in [3.8, 4) is 0 Å². The molecule has 0 heterocycles. The van der Waals surface area contributed by atoms with Gasteiger partial charge in [-0.25, -0.2) is 0 Å². The second-order valence-corrected chi connectivity index (χ2v) is 0. The maximum atomic E-state index is 0. The van der Waals surface area contributed by atoms with Crippen LogP contribution in [0.2, 0.25) is 0 Å². The molecular weight excluding hydrogens is 787 g/mol. The Labute approximate surface area is 266 Å². The summed E-state index contributed by atoms with van der Waals surface area (Å²) in [6.45, 7) is 0. The molecule has 56 valence electrons. The summed E-state index contributed by atoms with van der Waals surface area (Å²) in [7, 11) is 0. The Morgan fingerprint density at radius 1 is 0.300 bits per heavy atom. The molecule has 0 saturated carbocycles. The summed E-state index contributed by atoms with van der Waals surface area (Å²) >= 11 is 0. The molecule has 0 fully saturated rings. The Kier molecular flexibility index (Phi) is 522. The summed E-state index contributed by atoms with van der Waals surface area (Å²) in [5, 5.41) is 0. The third-order valence-electron chi connectivity index (χ3n) is 0. The second-order valence-electron chi connectivity index (χ2n) is 0. The van der Waals surface area contributed by atoms with Gasteiger partial charge >= 0.3 is 154 Å². The molecule has 0 spiro atoms. The van der Waals surface area contributed by atoms with Gasteiger partial charge < -0.3 is 102 Å². The van der Waals surface area contributed by atoms with Crippen LogP contribution in [-0.4, -0.2) is 0 Å². The quantitative estimate of drug-likeness (QED) is 0.215. The maximum Gasteiger partial charge on any atom is 1.00 e. The molecule has 10 heavy (non-hydrogen) atoms. The van der Waals surface area contributed by atoms with Crippen LogP contribution in [0.3, 0.4) is 0 Å². The topological polar surface area (TPSA) is 0 Å². The van der Waals surface area contributed by atoms with E-state index in [1.807, 2.05) is 0 Å². The molecule has 0 aliphatic heterocycles. The molecule has 0 aromatic carbocycles. The third kappa shape index (κ3) is 55.1. The Morgan fingerprint density at radius 2 is 0.300 bits per heavy atom. The second kappa shape index (κ2) is 66.2. The zero-order valence-corrected chi connectivity index (χ0v) is 27.0. The fourth-order valence-corrected chi connectivity index (χ4v) is 0. The molecule has 0 N–H and O–H groups in total. The van der Waals surface area contributed by atoms with E-state index in [2.05, 4.69) is 0 Å². The van der Waals surface area contributed by atoms with Crippen LogP contribution < -0.4 is 256 Å². The van der Waals surface area contributed by atoms with E-state index < -0.39 is 0 Å². The van der Waals surface area contributed by atoms with Gasteiger partial charge in [0.1, 0.15) is 0 Å². The predicted octanol–water partition coefficient (Wildman–Crippen LogP) is -27.0. The van der Waals surface area contributed by atoms with Gasteiger partial charge in [-0.05, 0) is 0 Å². The van der Waals surface area contributed by atoms with Crippen LogP contribution in [0.1, 0.15) is 0 Å². The third-order valence-corrected chi connectivity index (χ3v) is 0. The molecule has 0 radical (unpaired) electrons. The van der Waals surface area contributed by atoms with E-state index in [9.17, 15) is 0 Å². The molecule has 0 bridgehead atoms. The Morgan fingerprint density at radius 3 is 0.300 bits per heavy atom.